The molecule has 1 aliphatic rings. The van der Waals surface area contributed by atoms with E-state index in [4.69, 9.17) is 4.52 Å². The normalized spacial score (nSPS) is 18.0. The van der Waals surface area contributed by atoms with Gasteiger partial charge in [-0.3, -0.25) is 9.59 Å². The molecule has 2 heterocycles. The highest BCUT2D eigenvalue weighted by atomic mass is 32.2. The fraction of sp³-hybridized carbons (Fsp3) is 0.692. The van der Waals surface area contributed by atoms with Crippen molar-refractivity contribution >= 4 is 23.6 Å². The van der Waals surface area contributed by atoms with Gasteiger partial charge in [0.2, 0.25) is 17.7 Å². The molecule has 1 N–H and O–H groups in total. The van der Waals surface area contributed by atoms with Gasteiger partial charge in [-0.05, 0) is 19.1 Å². The quantitative estimate of drug-likeness (QED) is 0.841. The monoisotopic (exact) mass is 312 g/mol. The number of carbonyl (C=O) groups is 2. The van der Waals surface area contributed by atoms with Crippen molar-refractivity contribution in [1.82, 2.24) is 20.4 Å². The number of rotatable bonds is 6. The van der Waals surface area contributed by atoms with E-state index in [-0.39, 0.29) is 24.4 Å². The van der Waals surface area contributed by atoms with Crippen LogP contribution < -0.4 is 5.32 Å². The van der Waals surface area contributed by atoms with Gasteiger partial charge in [-0.2, -0.15) is 16.7 Å². The number of amides is 2. The Morgan fingerprint density at radius 2 is 2.33 bits per heavy atom. The topological polar surface area (TPSA) is 88.3 Å². The molecular weight excluding hydrogens is 292 g/mol. The van der Waals surface area contributed by atoms with Crippen molar-refractivity contribution in [3.8, 4) is 0 Å². The fourth-order valence-corrected chi connectivity index (χ4v) is 2.75. The Hall–Kier alpha value is -1.57. The van der Waals surface area contributed by atoms with Gasteiger partial charge in [-0.15, -0.1) is 0 Å². The third-order valence-corrected chi connectivity index (χ3v) is 3.92. The maximum atomic E-state index is 12.2. The highest BCUT2D eigenvalue weighted by molar-refractivity contribution is 7.97. The van der Waals surface area contributed by atoms with Crippen molar-refractivity contribution in [3.63, 3.8) is 0 Å². The minimum atomic E-state index is -0.369. The van der Waals surface area contributed by atoms with Crippen LogP contribution in [0.1, 0.15) is 37.9 Å². The predicted molar refractivity (Wildman–Crippen MR) is 78.4 cm³/mol. The molecule has 0 bridgehead atoms. The summed E-state index contributed by atoms with van der Waals surface area (Å²) in [5.41, 5.74) is 0. The second-order valence-corrected chi connectivity index (χ2v) is 5.72. The number of likely N-dealkylation sites (tertiary alicyclic amines) is 1. The molecular formula is C13H20N4O3S. The van der Waals surface area contributed by atoms with Crippen LogP contribution in [0.2, 0.25) is 0 Å². The molecule has 21 heavy (non-hydrogen) atoms. The van der Waals surface area contributed by atoms with Crippen LogP contribution in [-0.4, -0.2) is 45.7 Å². The van der Waals surface area contributed by atoms with Gasteiger partial charge in [0.25, 0.3) is 0 Å². The lowest BCUT2D eigenvalue weighted by molar-refractivity contribution is -0.138. The van der Waals surface area contributed by atoms with E-state index in [0.29, 0.717) is 36.9 Å². The van der Waals surface area contributed by atoms with E-state index in [1.807, 2.05) is 6.26 Å². The molecule has 0 aromatic carbocycles. The van der Waals surface area contributed by atoms with Crippen molar-refractivity contribution in [2.24, 2.45) is 0 Å². The molecule has 7 nitrogen and oxygen atoms in total. The first-order chi connectivity index (χ1) is 10.2. The number of aromatic nitrogens is 2. The molecule has 1 fully saturated rings. The van der Waals surface area contributed by atoms with Crippen LogP contribution in [0.25, 0.3) is 0 Å². The van der Waals surface area contributed by atoms with Gasteiger partial charge < -0.3 is 14.7 Å². The Balaban J connectivity index is 1.87. The van der Waals surface area contributed by atoms with Crippen LogP contribution in [0.15, 0.2) is 4.52 Å². The molecule has 1 atom stereocenters. The van der Waals surface area contributed by atoms with Crippen LogP contribution in [0.3, 0.4) is 0 Å². The standard InChI is InChI=1S/C13H20N4O3S/c1-3-12(18)17-6-4-5-9(17)13(19)14-7-11-15-10(8-21-2)16-20-11/h9H,3-8H2,1-2H3,(H,14,19)/t9-/m0/s1. The Labute approximate surface area is 127 Å². The van der Waals surface area contributed by atoms with Gasteiger partial charge in [0.05, 0.1) is 12.3 Å². The van der Waals surface area contributed by atoms with Gasteiger partial charge in [0.1, 0.15) is 6.04 Å². The molecule has 0 unspecified atom stereocenters. The van der Waals surface area contributed by atoms with Gasteiger partial charge >= 0.3 is 0 Å². The highest BCUT2D eigenvalue weighted by Crippen LogP contribution is 2.18. The molecule has 1 aromatic heterocycles. The highest BCUT2D eigenvalue weighted by Gasteiger charge is 2.33. The van der Waals surface area contributed by atoms with Crippen molar-refractivity contribution in [2.75, 3.05) is 12.8 Å². The molecule has 0 spiro atoms. The van der Waals surface area contributed by atoms with Gasteiger partial charge in [0.15, 0.2) is 5.82 Å². The lowest BCUT2D eigenvalue weighted by Gasteiger charge is -2.23. The summed E-state index contributed by atoms with van der Waals surface area (Å²) in [5.74, 6) is 1.56. The van der Waals surface area contributed by atoms with Crippen LogP contribution >= 0.6 is 11.8 Å². The van der Waals surface area contributed by atoms with Crippen LogP contribution in [-0.2, 0) is 21.9 Å². The van der Waals surface area contributed by atoms with E-state index in [1.165, 1.54) is 0 Å². The van der Waals surface area contributed by atoms with E-state index in [9.17, 15) is 9.59 Å². The first kappa shape index (κ1) is 15.8. The third-order valence-electron chi connectivity index (χ3n) is 3.38. The summed E-state index contributed by atoms with van der Waals surface area (Å²) in [6.45, 7) is 2.66. The Kier molecular flexibility index (Phi) is 5.60. The Morgan fingerprint density at radius 1 is 1.52 bits per heavy atom. The van der Waals surface area contributed by atoms with Gasteiger partial charge in [0, 0.05) is 13.0 Å². The lowest BCUT2D eigenvalue weighted by atomic mass is 10.2. The zero-order valence-electron chi connectivity index (χ0n) is 12.3. The summed E-state index contributed by atoms with van der Waals surface area (Å²) < 4.78 is 5.06. The van der Waals surface area contributed by atoms with Crippen LogP contribution in [0.5, 0.6) is 0 Å². The minimum Gasteiger partial charge on any atom is -0.345 e. The molecule has 116 valence electrons. The second-order valence-electron chi connectivity index (χ2n) is 4.85. The molecule has 2 amide bonds. The number of carbonyl (C=O) groups excluding carboxylic acids is 2. The summed E-state index contributed by atoms with van der Waals surface area (Å²) in [7, 11) is 0. The fourth-order valence-electron chi connectivity index (χ4n) is 2.37. The summed E-state index contributed by atoms with van der Waals surface area (Å²) in [5, 5.41) is 6.58. The molecule has 8 heteroatoms. The number of hydrogen-bond acceptors (Lipinski definition) is 6. The molecule has 1 aromatic rings. The SMILES string of the molecule is CCC(=O)N1CCC[C@H]1C(=O)NCc1nc(CSC)no1. The summed E-state index contributed by atoms with van der Waals surface area (Å²) >= 11 is 1.60. The van der Waals surface area contributed by atoms with Crippen molar-refractivity contribution < 1.29 is 14.1 Å². The maximum Gasteiger partial charge on any atom is 0.246 e. The van der Waals surface area contributed by atoms with E-state index in [2.05, 4.69) is 15.5 Å². The Bertz CT molecular complexity index is 505. The van der Waals surface area contributed by atoms with E-state index in [0.717, 1.165) is 6.42 Å². The van der Waals surface area contributed by atoms with Crippen molar-refractivity contribution in [1.29, 1.82) is 0 Å². The smallest absolute Gasteiger partial charge is 0.246 e. The predicted octanol–water partition coefficient (Wildman–Crippen LogP) is 0.950. The Morgan fingerprint density at radius 3 is 3.05 bits per heavy atom. The summed E-state index contributed by atoms with van der Waals surface area (Å²) in [6.07, 6.45) is 3.95. The van der Waals surface area contributed by atoms with Gasteiger partial charge in [-0.1, -0.05) is 12.1 Å². The zero-order valence-corrected chi connectivity index (χ0v) is 13.1. The molecule has 0 saturated carbocycles. The average molecular weight is 312 g/mol. The maximum absolute atomic E-state index is 12.2. The largest absolute Gasteiger partial charge is 0.345 e. The minimum absolute atomic E-state index is 0.0210. The van der Waals surface area contributed by atoms with E-state index >= 15 is 0 Å². The number of thioether (sulfide) groups is 1. The second kappa shape index (κ2) is 7.44. The number of nitrogens with zero attached hydrogens (tertiary/aromatic N) is 3. The average Bonchev–Trinajstić information content (AvgIpc) is 3.13. The molecule has 0 radical (unpaired) electrons. The molecule has 1 aliphatic heterocycles. The van der Waals surface area contributed by atoms with E-state index in [1.54, 1.807) is 23.6 Å². The van der Waals surface area contributed by atoms with Crippen LogP contribution in [0.4, 0.5) is 0 Å². The molecule has 2 rings (SSSR count). The summed E-state index contributed by atoms with van der Waals surface area (Å²) in [4.78, 5) is 29.8. The number of nitrogens with one attached hydrogen (secondary N) is 1. The van der Waals surface area contributed by atoms with Gasteiger partial charge in [-0.25, -0.2) is 0 Å². The first-order valence-electron chi connectivity index (χ1n) is 7.03. The molecule has 0 aliphatic carbocycles. The third kappa shape index (κ3) is 3.96. The number of hydrogen-bond donors (Lipinski definition) is 1. The summed E-state index contributed by atoms with van der Waals surface area (Å²) in [6, 6.07) is -0.369. The molecule has 1 saturated heterocycles. The first-order valence-corrected chi connectivity index (χ1v) is 8.42. The van der Waals surface area contributed by atoms with Crippen molar-refractivity contribution in [2.45, 2.75) is 44.5 Å². The van der Waals surface area contributed by atoms with Crippen molar-refractivity contribution in [3.05, 3.63) is 11.7 Å². The zero-order chi connectivity index (χ0) is 15.2. The van der Waals surface area contributed by atoms with E-state index < -0.39 is 0 Å². The lowest BCUT2D eigenvalue weighted by Crippen LogP contribution is -2.45. The van der Waals surface area contributed by atoms with Crippen LogP contribution in [0, 0.1) is 0 Å².